The van der Waals surface area contributed by atoms with Gasteiger partial charge in [-0.2, -0.15) is 0 Å². The molecule has 0 heterocycles. The fourth-order valence-electron chi connectivity index (χ4n) is 12.4. The topological polar surface area (TPSA) is 3.24 Å². The van der Waals surface area contributed by atoms with Gasteiger partial charge in [-0.15, -0.1) is 0 Å². The zero-order valence-corrected chi connectivity index (χ0v) is 35.2. The van der Waals surface area contributed by atoms with E-state index in [4.69, 9.17) is 0 Å². The zero-order valence-electron chi connectivity index (χ0n) is 35.2. The molecule has 12 rings (SSSR count). The van der Waals surface area contributed by atoms with E-state index >= 15 is 0 Å². The predicted molar refractivity (Wildman–Crippen MR) is 253 cm³/mol. The molecule has 292 valence electrons. The van der Waals surface area contributed by atoms with Crippen molar-refractivity contribution in [3.8, 4) is 44.5 Å². The van der Waals surface area contributed by atoms with Crippen LogP contribution in [0.1, 0.15) is 87.1 Å². The van der Waals surface area contributed by atoms with E-state index in [1.807, 2.05) is 0 Å². The van der Waals surface area contributed by atoms with E-state index in [1.165, 1.54) is 126 Å². The molecule has 2 saturated carbocycles. The summed E-state index contributed by atoms with van der Waals surface area (Å²) in [6.07, 6.45) is 5.60. The first kappa shape index (κ1) is 35.7. The maximum absolute atomic E-state index is 2.54. The van der Waals surface area contributed by atoms with Crippen molar-refractivity contribution in [1.82, 2.24) is 0 Å². The highest BCUT2D eigenvalue weighted by Crippen LogP contribution is 2.58. The summed E-state index contributed by atoms with van der Waals surface area (Å²) >= 11 is 0. The Kier molecular flexibility index (Phi) is 7.84. The number of fused-ring (bicyclic) bond motifs is 9. The van der Waals surface area contributed by atoms with Gasteiger partial charge in [0, 0.05) is 27.8 Å². The lowest BCUT2D eigenvalue weighted by Gasteiger charge is -2.31. The molecule has 0 N–H and O–H groups in total. The molecule has 1 nitrogen and oxygen atoms in total. The Morgan fingerprint density at radius 3 is 1.87 bits per heavy atom. The molecule has 60 heavy (non-hydrogen) atoms. The average Bonchev–Trinajstić information content (AvgIpc) is 4.04. The van der Waals surface area contributed by atoms with E-state index in [2.05, 4.69) is 202 Å². The number of benzene rings is 8. The Labute approximate surface area is 355 Å². The van der Waals surface area contributed by atoms with Gasteiger partial charge in [0.05, 0.1) is 5.69 Å². The molecule has 1 heteroatoms. The number of nitrogens with zero attached hydrogens (tertiary/aromatic N) is 1. The van der Waals surface area contributed by atoms with Crippen molar-refractivity contribution in [2.75, 3.05) is 4.90 Å². The van der Waals surface area contributed by atoms with Crippen LogP contribution >= 0.6 is 0 Å². The van der Waals surface area contributed by atoms with Crippen molar-refractivity contribution in [1.29, 1.82) is 0 Å². The summed E-state index contributed by atoms with van der Waals surface area (Å²) in [6, 6.07) is 64.7. The van der Waals surface area contributed by atoms with Crippen molar-refractivity contribution < 1.29 is 0 Å². The molecule has 0 amide bonds. The number of hydrogen-bond donors (Lipinski definition) is 0. The Balaban J connectivity index is 1.03. The SMILES string of the molecule is CC1(C)c2ccccc2-c2c(-c3cccc4c3C(C)(C)c3cc(N(c5ccc(C6CC7CCC6C7)cc5)c5cc6ccccc6cc5-c5ccccc5)ccc3-4)cccc21. The Morgan fingerprint density at radius 1 is 0.450 bits per heavy atom. The first-order valence-corrected chi connectivity index (χ1v) is 22.3. The quantitative estimate of drug-likeness (QED) is 0.163. The van der Waals surface area contributed by atoms with Gasteiger partial charge in [-0.1, -0.05) is 168 Å². The smallest absolute Gasteiger partial charge is 0.0546 e. The van der Waals surface area contributed by atoms with Crippen LogP contribution in [-0.2, 0) is 10.8 Å². The summed E-state index contributed by atoms with van der Waals surface area (Å²) in [5.74, 6) is 2.48. The molecule has 8 aromatic rings. The molecule has 0 radical (unpaired) electrons. The minimum absolute atomic E-state index is 0.0486. The molecule has 4 aliphatic carbocycles. The predicted octanol–water partition coefficient (Wildman–Crippen LogP) is 16.2. The zero-order chi connectivity index (χ0) is 40.3. The van der Waals surface area contributed by atoms with Crippen molar-refractivity contribution >= 4 is 27.8 Å². The highest BCUT2D eigenvalue weighted by molar-refractivity contribution is 6.00. The van der Waals surface area contributed by atoms with Crippen molar-refractivity contribution in [2.24, 2.45) is 11.8 Å². The standard InChI is InChI=1S/C59H51N/c1-58(2)52-22-11-10-18-49(52)56-46(19-13-23-53(56)58)48-21-12-20-47-45-31-30-44(36-54(45)59(3,4)57(47)48)60(43-28-26-39(27-29-43)50-33-37-24-25-42(50)32-37)55-35-41-17-9-8-16-40(41)34-51(55)38-14-6-5-7-15-38/h5-23,26-31,34-37,42,50H,24-25,32-33H2,1-4H3. The normalized spacial score (nSPS) is 19.8. The van der Waals surface area contributed by atoms with Crippen LogP contribution in [0.4, 0.5) is 17.1 Å². The molecule has 3 atom stereocenters. The molecule has 8 aromatic carbocycles. The lowest BCUT2D eigenvalue weighted by Crippen LogP contribution is -2.18. The third-order valence-corrected chi connectivity index (χ3v) is 15.3. The molecular weight excluding hydrogens is 723 g/mol. The molecule has 4 aliphatic rings. The van der Waals surface area contributed by atoms with Crippen LogP contribution < -0.4 is 4.90 Å². The maximum atomic E-state index is 2.54. The largest absolute Gasteiger partial charge is 0.310 e. The first-order valence-electron chi connectivity index (χ1n) is 22.3. The summed E-state index contributed by atoms with van der Waals surface area (Å²) in [5, 5.41) is 2.50. The molecular formula is C59H51N. The van der Waals surface area contributed by atoms with Crippen LogP contribution in [0.2, 0.25) is 0 Å². The van der Waals surface area contributed by atoms with E-state index in [0.717, 1.165) is 11.8 Å². The van der Waals surface area contributed by atoms with Crippen LogP contribution in [0.5, 0.6) is 0 Å². The summed E-state index contributed by atoms with van der Waals surface area (Å²) in [4.78, 5) is 2.54. The maximum Gasteiger partial charge on any atom is 0.0546 e. The molecule has 2 bridgehead atoms. The van der Waals surface area contributed by atoms with Crippen molar-refractivity contribution in [3.05, 3.63) is 198 Å². The van der Waals surface area contributed by atoms with E-state index in [-0.39, 0.29) is 10.8 Å². The lowest BCUT2D eigenvalue weighted by molar-refractivity contribution is 0.420. The van der Waals surface area contributed by atoms with Gasteiger partial charge in [0.2, 0.25) is 0 Å². The van der Waals surface area contributed by atoms with Crippen LogP contribution in [0.15, 0.2) is 170 Å². The molecule has 3 unspecified atom stereocenters. The second kappa shape index (κ2) is 13.2. The Hall–Kier alpha value is -6.18. The van der Waals surface area contributed by atoms with Gasteiger partial charge in [-0.25, -0.2) is 0 Å². The molecule has 0 aliphatic heterocycles. The van der Waals surface area contributed by atoms with Gasteiger partial charge >= 0.3 is 0 Å². The molecule has 0 spiro atoms. The van der Waals surface area contributed by atoms with Crippen molar-refractivity contribution in [2.45, 2.75) is 70.1 Å². The van der Waals surface area contributed by atoms with Gasteiger partial charge in [0.1, 0.15) is 0 Å². The van der Waals surface area contributed by atoms with E-state index < -0.39 is 0 Å². The van der Waals surface area contributed by atoms with Gasteiger partial charge < -0.3 is 4.90 Å². The van der Waals surface area contributed by atoms with Crippen LogP contribution in [0, 0.1) is 11.8 Å². The first-order chi connectivity index (χ1) is 29.3. The molecule has 2 fully saturated rings. The van der Waals surface area contributed by atoms with Gasteiger partial charge in [0.25, 0.3) is 0 Å². The number of rotatable bonds is 6. The van der Waals surface area contributed by atoms with E-state index in [9.17, 15) is 0 Å². The number of hydrogen-bond acceptors (Lipinski definition) is 1. The minimum Gasteiger partial charge on any atom is -0.310 e. The average molecular weight is 774 g/mol. The summed E-state index contributed by atoms with van der Waals surface area (Å²) in [7, 11) is 0. The van der Waals surface area contributed by atoms with Crippen LogP contribution in [-0.4, -0.2) is 0 Å². The summed E-state index contributed by atoms with van der Waals surface area (Å²) in [6.45, 7) is 9.67. The van der Waals surface area contributed by atoms with Crippen molar-refractivity contribution in [3.63, 3.8) is 0 Å². The summed E-state index contributed by atoms with van der Waals surface area (Å²) in [5.41, 5.74) is 21.0. The third kappa shape index (κ3) is 5.24. The minimum atomic E-state index is -0.239. The second-order valence-corrected chi connectivity index (χ2v) is 19.3. The van der Waals surface area contributed by atoms with Crippen LogP contribution in [0.25, 0.3) is 55.3 Å². The Morgan fingerprint density at radius 2 is 1.10 bits per heavy atom. The van der Waals surface area contributed by atoms with Gasteiger partial charge in [-0.05, 0) is 151 Å². The Bertz CT molecular complexity index is 3000. The van der Waals surface area contributed by atoms with Gasteiger partial charge in [0.15, 0.2) is 0 Å². The van der Waals surface area contributed by atoms with E-state index in [0.29, 0.717) is 5.92 Å². The van der Waals surface area contributed by atoms with Crippen LogP contribution in [0.3, 0.4) is 0 Å². The monoisotopic (exact) mass is 773 g/mol. The summed E-state index contributed by atoms with van der Waals surface area (Å²) < 4.78 is 0. The second-order valence-electron chi connectivity index (χ2n) is 19.3. The highest BCUT2D eigenvalue weighted by atomic mass is 15.1. The lowest BCUT2D eigenvalue weighted by atomic mass is 9.77. The molecule has 0 saturated heterocycles. The molecule has 0 aromatic heterocycles. The van der Waals surface area contributed by atoms with Gasteiger partial charge in [-0.3, -0.25) is 0 Å². The van der Waals surface area contributed by atoms with E-state index in [1.54, 1.807) is 0 Å². The third-order valence-electron chi connectivity index (χ3n) is 15.3. The highest BCUT2D eigenvalue weighted by Gasteiger charge is 2.42. The number of anilines is 3. The fraction of sp³-hybridized carbons (Fsp3) is 0.220. The fourth-order valence-corrected chi connectivity index (χ4v) is 12.4.